The summed E-state index contributed by atoms with van der Waals surface area (Å²) in [5.41, 5.74) is 1.65. The summed E-state index contributed by atoms with van der Waals surface area (Å²) in [5.74, 6) is -1.73. The number of alkyl carbamates (subject to hydrolysis) is 1. The van der Waals surface area contributed by atoms with Crippen LogP contribution in [0.5, 0.6) is 0 Å². The van der Waals surface area contributed by atoms with Crippen molar-refractivity contribution >= 4 is 23.9 Å². The lowest BCUT2D eigenvalue weighted by atomic mass is 9.92. The van der Waals surface area contributed by atoms with E-state index in [1.54, 1.807) is 25.7 Å². The number of hydrogen-bond acceptors (Lipinski definition) is 6. The Labute approximate surface area is 234 Å². The number of benzene rings is 1. The number of unbranched alkanes of at least 4 members (excludes halogenated alkanes) is 4. The normalized spacial score (nSPS) is 12.9. The number of nitrogens with zero attached hydrogens (tertiary/aromatic N) is 1. The Balaban J connectivity index is 3.55. The van der Waals surface area contributed by atoms with Crippen LogP contribution in [-0.4, -0.2) is 60.6 Å². The van der Waals surface area contributed by atoms with Gasteiger partial charge in [-0.15, -0.1) is 0 Å². The van der Waals surface area contributed by atoms with Gasteiger partial charge >= 0.3 is 12.1 Å². The molecule has 0 spiro atoms. The van der Waals surface area contributed by atoms with E-state index < -0.39 is 35.7 Å². The molecule has 0 aliphatic carbocycles. The van der Waals surface area contributed by atoms with Crippen molar-refractivity contribution in [2.45, 2.75) is 105 Å². The molecule has 9 heteroatoms. The van der Waals surface area contributed by atoms with Gasteiger partial charge in [0.05, 0.1) is 7.11 Å². The van der Waals surface area contributed by atoms with Gasteiger partial charge in [-0.3, -0.25) is 14.4 Å². The van der Waals surface area contributed by atoms with Gasteiger partial charge in [-0.1, -0.05) is 64.7 Å². The van der Waals surface area contributed by atoms with Crippen LogP contribution in [0.4, 0.5) is 4.79 Å². The number of ether oxygens (including phenoxy) is 2. The minimum Gasteiger partial charge on any atom is -0.468 e. The molecule has 0 saturated carbocycles. The fraction of sp³-hybridized carbons (Fsp3) is 0.667. The largest absolute Gasteiger partial charge is 0.468 e. The fourth-order valence-corrected chi connectivity index (χ4v) is 4.39. The van der Waals surface area contributed by atoms with E-state index >= 15 is 0 Å². The topological polar surface area (TPSA) is 114 Å². The molecule has 0 aliphatic heterocycles. The molecule has 0 heterocycles. The van der Waals surface area contributed by atoms with Crippen molar-refractivity contribution in [1.82, 2.24) is 15.5 Å². The van der Waals surface area contributed by atoms with Gasteiger partial charge in [0.25, 0.3) is 0 Å². The SMILES string of the molecule is CCCCCCCN(C(=O)C(NC(=O)OC(C)(C)C)C(C)C)C(C(=O)NCC(=O)OC)c1c(C)cccc1C. The molecule has 39 heavy (non-hydrogen) atoms. The standard InChI is InChI=1S/C30H49N3O6/c1-10-11-12-13-14-18-33(28(36)25(20(2)3)32-29(37)39-30(6,7)8)26(27(35)31-19-23(34)38-9)24-21(4)16-15-17-22(24)5/h15-17,20,25-26H,10-14,18-19H2,1-9H3,(H,31,35)(H,32,37). The third-order valence-electron chi connectivity index (χ3n) is 6.40. The zero-order chi connectivity index (χ0) is 29.8. The van der Waals surface area contributed by atoms with E-state index in [2.05, 4.69) is 17.6 Å². The van der Waals surface area contributed by atoms with Crippen LogP contribution >= 0.6 is 0 Å². The van der Waals surface area contributed by atoms with Crippen LogP contribution < -0.4 is 10.6 Å². The molecular formula is C30H49N3O6. The van der Waals surface area contributed by atoms with E-state index in [1.807, 2.05) is 45.9 Å². The quantitative estimate of drug-likeness (QED) is 0.251. The fourth-order valence-electron chi connectivity index (χ4n) is 4.39. The van der Waals surface area contributed by atoms with Crippen molar-refractivity contribution < 1.29 is 28.7 Å². The van der Waals surface area contributed by atoms with Gasteiger partial charge in [-0.05, 0) is 63.6 Å². The molecule has 1 aromatic rings. The van der Waals surface area contributed by atoms with Crippen molar-refractivity contribution in [3.05, 3.63) is 34.9 Å². The highest BCUT2D eigenvalue weighted by Gasteiger charge is 2.38. The molecule has 2 atom stereocenters. The van der Waals surface area contributed by atoms with Crippen LogP contribution in [0.15, 0.2) is 18.2 Å². The van der Waals surface area contributed by atoms with Crippen molar-refractivity contribution in [3.8, 4) is 0 Å². The molecule has 220 valence electrons. The molecule has 9 nitrogen and oxygen atoms in total. The average Bonchev–Trinajstić information content (AvgIpc) is 2.84. The van der Waals surface area contributed by atoms with E-state index in [1.165, 1.54) is 7.11 Å². The monoisotopic (exact) mass is 547 g/mol. The average molecular weight is 548 g/mol. The molecule has 2 unspecified atom stereocenters. The Morgan fingerprint density at radius 1 is 0.974 bits per heavy atom. The first-order valence-electron chi connectivity index (χ1n) is 13.9. The van der Waals surface area contributed by atoms with Crippen molar-refractivity contribution in [1.29, 1.82) is 0 Å². The second kappa shape index (κ2) is 16.1. The number of hydrogen-bond donors (Lipinski definition) is 2. The highest BCUT2D eigenvalue weighted by atomic mass is 16.6. The van der Waals surface area contributed by atoms with E-state index in [0.717, 1.165) is 36.8 Å². The second-order valence-corrected chi connectivity index (χ2v) is 11.3. The van der Waals surface area contributed by atoms with Gasteiger partial charge in [0, 0.05) is 6.54 Å². The predicted molar refractivity (Wildman–Crippen MR) is 152 cm³/mol. The smallest absolute Gasteiger partial charge is 0.408 e. The summed E-state index contributed by atoms with van der Waals surface area (Å²) in [6.07, 6.45) is 4.07. The first-order chi connectivity index (χ1) is 18.2. The summed E-state index contributed by atoms with van der Waals surface area (Å²) < 4.78 is 10.1. The molecule has 1 aromatic carbocycles. The van der Waals surface area contributed by atoms with Crippen molar-refractivity contribution in [2.24, 2.45) is 5.92 Å². The van der Waals surface area contributed by atoms with Crippen LogP contribution in [0.1, 0.15) is 96.4 Å². The molecule has 3 amide bonds. The number of rotatable bonds is 14. The number of carbonyl (C=O) groups is 4. The number of esters is 1. The molecule has 1 rings (SSSR count). The maximum Gasteiger partial charge on any atom is 0.408 e. The second-order valence-electron chi connectivity index (χ2n) is 11.3. The zero-order valence-corrected chi connectivity index (χ0v) is 25.3. The van der Waals surface area contributed by atoms with Gasteiger partial charge in [0.2, 0.25) is 11.8 Å². The summed E-state index contributed by atoms with van der Waals surface area (Å²) in [5, 5.41) is 5.39. The van der Waals surface area contributed by atoms with E-state index in [-0.39, 0.29) is 18.4 Å². The van der Waals surface area contributed by atoms with E-state index in [0.29, 0.717) is 18.5 Å². The summed E-state index contributed by atoms with van der Waals surface area (Å²) in [7, 11) is 1.25. The molecular weight excluding hydrogens is 498 g/mol. The Bertz CT molecular complexity index is 950. The first kappa shape index (κ1) is 33.9. The summed E-state index contributed by atoms with van der Waals surface area (Å²) in [4.78, 5) is 54.0. The van der Waals surface area contributed by atoms with Gasteiger partial charge in [-0.25, -0.2) is 4.79 Å². The van der Waals surface area contributed by atoms with Gasteiger partial charge < -0.3 is 25.0 Å². The highest BCUT2D eigenvalue weighted by Crippen LogP contribution is 2.30. The zero-order valence-electron chi connectivity index (χ0n) is 25.3. The van der Waals surface area contributed by atoms with Gasteiger partial charge in [-0.2, -0.15) is 0 Å². The molecule has 0 bridgehead atoms. The van der Waals surface area contributed by atoms with Crippen molar-refractivity contribution in [2.75, 3.05) is 20.2 Å². The van der Waals surface area contributed by atoms with Gasteiger partial charge in [0.1, 0.15) is 24.2 Å². The maximum absolute atomic E-state index is 14.2. The lowest BCUT2D eigenvalue weighted by Gasteiger charge is -2.36. The minimum absolute atomic E-state index is 0.274. The predicted octanol–water partition coefficient (Wildman–Crippen LogP) is 4.98. The molecule has 0 radical (unpaired) electrons. The molecule has 0 aliphatic rings. The Morgan fingerprint density at radius 2 is 1.56 bits per heavy atom. The summed E-state index contributed by atoms with van der Waals surface area (Å²) in [6, 6.07) is 3.76. The van der Waals surface area contributed by atoms with Crippen LogP contribution in [-0.2, 0) is 23.9 Å². The molecule has 0 saturated heterocycles. The number of methoxy groups -OCH3 is 1. The Hall–Kier alpha value is -3.10. The van der Waals surface area contributed by atoms with Crippen LogP contribution in [0.25, 0.3) is 0 Å². The van der Waals surface area contributed by atoms with Gasteiger partial charge in [0.15, 0.2) is 0 Å². The number of nitrogens with one attached hydrogen (secondary N) is 2. The summed E-state index contributed by atoms with van der Waals surface area (Å²) in [6.45, 7) is 14.9. The number of aryl methyl sites for hydroxylation is 2. The molecule has 0 aromatic heterocycles. The minimum atomic E-state index is -1.00. The third kappa shape index (κ3) is 11.3. The number of amides is 3. The molecule has 2 N–H and O–H groups in total. The highest BCUT2D eigenvalue weighted by molar-refractivity contribution is 5.93. The first-order valence-corrected chi connectivity index (χ1v) is 13.9. The lowest BCUT2D eigenvalue weighted by molar-refractivity contribution is -0.145. The van der Waals surface area contributed by atoms with E-state index in [4.69, 9.17) is 9.47 Å². The summed E-state index contributed by atoms with van der Waals surface area (Å²) >= 11 is 0. The van der Waals surface area contributed by atoms with E-state index in [9.17, 15) is 19.2 Å². The van der Waals surface area contributed by atoms with Crippen LogP contribution in [0.3, 0.4) is 0 Å². The lowest BCUT2D eigenvalue weighted by Crippen LogP contribution is -2.55. The number of carbonyl (C=O) groups excluding carboxylic acids is 4. The van der Waals surface area contributed by atoms with Crippen LogP contribution in [0, 0.1) is 19.8 Å². The maximum atomic E-state index is 14.2. The Kier molecular flexibility index (Phi) is 14.0. The molecule has 0 fully saturated rings. The van der Waals surface area contributed by atoms with Crippen LogP contribution in [0.2, 0.25) is 0 Å². The Morgan fingerprint density at radius 3 is 2.08 bits per heavy atom. The third-order valence-corrected chi connectivity index (χ3v) is 6.40. The van der Waals surface area contributed by atoms with Crippen molar-refractivity contribution in [3.63, 3.8) is 0 Å².